The summed E-state index contributed by atoms with van der Waals surface area (Å²) in [4.78, 5) is 47.7. The maximum Gasteiger partial charge on any atom is 0.508 e. The maximum atomic E-state index is 12.3. The van der Waals surface area contributed by atoms with Gasteiger partial charge < -0.3 is 29.0 Å². The Balaban J connectivity index is 2.84. The lowest BCUT2D eigenvalue weighted by molar-refractivity contribution is -0.143. The topological polar surface area (TPSA) is 126 Å². The first-order valence-corrected chi connectivity index (χ1v) is 11.9. The zero-order valence-corrected chi connectivity index (χ0v) is 21.2. The van der Waals surface area contributed by atoms with Crippen LogP contribution in [-0.4, -0.2) is 56.5 Å². The van der Waals surface area contributed by atoms with E-state index in [2.05, 4.69) is 12.2 Å². The minimum absolute atomic E-state index is 0.0854. The highest BCUT2D eigenvalue weighted by molar-refractivity contribution is 5.77. The summed E-state index contributed by atoms with van der Waals surface area (Å²) in [5.74, 6) is -1.29. The van der Waals surface area contributed by atoms with Gasteiger partial charge in [-0.1, -0.05) is 39.7 Å². The SMILES string of the molecule is CCCCCOC(=O)OC(C)CN[C@@H](Cc1ccc(OC(=O)CC)c(OC(=O)CC)c1)C(=O)OC. The number of methoxy groups -OCH3 is 1. The first-order valence-electron chi connectivity index (χ1n) is 11.9. The molecule has 1 N–H and O–H groups in total. The van der Waals surface area contributed by atoms with Crippen LogP contribution in [-0.2, 0) is 35.0 Å². The second-order valence-corrected chi connectivity index (χ2v) is 7.86. The van der Waals surface area contributed by atoms with Gasteiger partial charge in [0.25, 0.3) is 0 Å². The molecule has 0 aliphatic carbocycles. The predicted octanol–water partition coefficient (Wildman–Crippen LogP) is 3.72. The third kappa shape index (κ3) is 11.7. The molecule has 0 bridgehead atoms. The third-order valence-electron chi connectivity index (χ3n) is 4.88. The Morgan fingerprint density at radius 2 is 1.60 bits per heavy atom. The molecule has 196 valence electrons. The number of carbonyl (C=O) groups excluding carboxylic acids is 4. The van der Waals surface area contributed by atoms with Crippen molar-refractivity contribution in [3.05, 3.63) is 23.8 Å². The fourth-order valence-corrected chi connectivity index (χ4v) is 2.91. The molecule has 10 heteroatoms. The van der Waals surface area contributed by atoms with Gasteiger partial charge in [0.2, 0.25) is 0 Å². The molecule has 1 rings (SSSR count). The molecule has 0 fully saturated rings. The molecule has 0 saturated heterocycles. The molecule has 0 amide bonds. The Labute approximate surface area is 206 Å². The molecule has 35 heavy (non-hydrogen) atoms. The molecule has 10 nitrogen and oxygen atoms in total. The smallest absolute Gasteiger partial charge is 0.468 e. The van der Waals surface area contributed by atoms with Crippen LogP contribution in [0.1, 0.15) is 65.4 Å². The van der Waals surface area contributed by atoms with Crippen LogP contribution in [0.5, 0.6) is 11.5 Å². The van der Waals surface area contributed by atoms with Crippen molar-refractivity contribution < 1.29 is 42.9 Å². The maximum absolute atomic E-state index is 12.3. The summed E-state index contributed by atoms with van der Waals surface area (Å²) in [6, 6.07) is 3.94. The molecular weight excluding hydrogens is 458 g/mol. The van der Waals surface area contributed by atoms with E-state index in [-0.39, 0.29) is 37.3 Å². The van der Waals surface area contributed by atoms with E-state index in [1.54, 1.807) is 26.8 Å². The number of rotatable bonds is 15. The second kappa shape index (κ2) is 16.5. The quantitative estimate of drug-likeness (QED) is 0.218. The minimum atomic E-state index is -0.773. The second-order valence-electron chi connectivity index (χ2n) is 7.86. The summed E-state index contributed by atoms with van der Waals surface area (Å²) < 4.78 is 25.7. The summed E-state index contributed by atoms with van der Waals surface area (Å²) in [7, 11) is 1.27. The number of unbranched alkanes of at least 4 members (excludes halogenated alkanes) is 2. The van der Waals surface area contributed by atoms with Crippen molar-refractivity contribution in [2.24, 2.45) is 0 Å². The van der Waals surface area contributed by atoms with Crippen molar-refractivity contribution in [3.63, 3.8) is 0 Å². The van der Waals surface area contributed by atoms with Crippen LogP contribution < -0.4 is 14.8 Å². The Kier molecular flexibility index (Phi) is 14.1. The molecule has 0 radical (unpaired) electrons. The first-order chi connectivity index (χ1) is 16.7. The lowest BCUT2D eigenvalue weighted by atomic mass is 10.0. The van der Waals surface area contributed by atoms with Crippen molar-refractivity contribution in [3.8, 4) is 11.5 Å². The van der Waals surface area contributed by atoms with E-state index in [9.17, 15) is 19.2 Å². The molecule has 1 aromatic rings. The summed E-state index contributed by atoms with van der Waals surface area (Å²) in [5.41, 5.74) is 0.631. The third-order valence-corrected chi connectivity index (χ3v) is 4.88. The number of hydrogen-bond donors (Lipinski definition) is 1. The summed E-state index contributed by atoms with van der Waals surface area (Å²) in [5, 5.41) is 3.03. The van der Waals surface area contributed by atoms with Gasteiger partial charge in [-0.25, -0.2) is 4.79 Å². The highest BCUT2D eigenvalue weighted by Gasteiger charge is 2.23. The molecule has 0 aliphatic rings. The monoisotopic (exact) mass is 495 g/mol. The van der Waals surface area contributed by atoms with Gasteiger partial charge >= 0.3 is 24.1 Å². The molecule has 0 heterocycles. The van der Waals surface area contributed by atoms with Gasteiger partial charge in [-0.15, -0.1) is 0 Å². The van der Waals surface area contributed by atoms with Crippen molar-refractivity contribution in [1.82, 2.24) is 5.32 Å². The van der Waals surface area contributed by atoms with Crippen LogP contribution in [0.15, 0.2) is 18.2 Å². The number of benzene rings is 1. The van der Waals surface area contributed by atoms with Gasteiger partial charge in [0.15, 0.2) is 11.5 Å². The van der Waals surface area contributed by atoms with Crippen LogP contribution in [0.2, 0.25) is 0 Å². The minimum Gasteiger partial charge on any atom is -0.468 e. The van der Waals surface area contributed by atoms with Gasteiger partial charge in [-0.05, 0) is 37.5 Å². The van der Waals surface area contributed by atoms with E-state index in [1.807, 2.05) is 0 Å². The number of nitrogens with one attached hydrogen (secondary N) is 1. The first kappa shape index (κ1) is 29.9. The van der Waals surface area contributed by atoms with Crippen LogP contribution >= 0.6 is 0 Å². The summed E-state index contributed by atoms with van der Waals surface area (Å²) >= 11 is 0. The van der Waals surface area contributed by atoms with Gasteiger partial charge in [-0.3, -0.25) is 14.4 Å². The normalized spacial score (nSPS) is 12.3. The Hall–Kier alpha value is -3.14. The van der Waals surface area contributed by atoms with E-state index < -0.39 is 36.2 Å². The highest BCUT2D eigenvalue weighted by Crippen LogP contribution is 2.30. The summed E-state index contributed by atoms with van der Waals surface area (Å²) in [6.07, 6.45) is 1.91. The molecule has 2 atom stereocenters. The molecule has 0 aromatic heterocycles. The Morgan fingerprint density at radius 3 is 2.20 bits per heavy atom. The van der Waals surface area contributed by atoms with E-state index >= 15 is 0 Å². The van der Waals surface area contributed by atoms with Crippen LogP contribution in [0.4, 0.5) is 4.79 Å². The van der Waals surface area contributed by atoms with Crippen LogP contribution in [0, 0.1) is 0 Å². The molecule has 1 unspecified atom stereocenters. The predicted molar refractivity (Wildman–Crippen MR) is 127 cm³/mol. The number of ether oxygens (including phenoxy) is 5. The van der Waals surface area contributed by atoms with Crippen LogP contribution in [0.3, 0.4) is 0 Å². The lowest BCUT2D eigenvalue weighted by Gasteiger charge is -2.20. The van der Waals surface area contributed by atoms with Crippen molar-refractivity contribution >= 4 is 24.1 Å². The molecular formula is C25H37NO9. The lowest BCUT2D eigenvalue weighted by Crippen LogP contribution is -2.43. The van der Waals surface area contributed by atoms with E-state index in [0.717, 1.165) is 19.3 Å². The average molecular weight is 496 g/mol. The standard InChI is InChI=1S/C25H37NO9/c1-6-9-10-13-32-25(30)33-17(4)16-26-19(24(29)31-5)14-18-11-12-20(34-22(27)7-2)21(15-18)35-23(28)8-3/h11-12,15,17,19,26H,6-10,13-14,16H2,1-5H3/t17?,19-/m0/s1. The van der Waals surface area contributed by atoms with E-state index in [0.29, 0.717) is 12.2 Å². The zero-order valence-electron chi connectivity index (χ0n) is 21.2. The van der Waals surface area contributed by atoms with Crippen LogP contribution in [0.25, 0.3) is 0 Å². The largest absolute Gasteiger partial charge is 0.508 e. The van der Waals surface area contributed by atoms with Gasteiger partial charge in [0.05, 0.1) is 13.7 Å². The van der Waals surface area contributed by atoms with Crippen molar-refractivity contribution in [1.29, 1.82) is 0 Å². The Bertz CT molecular complexity index is 840. The molecule has 1 aromatic carbocycles. The van der Waals surface area contributed by atoms with E-state index in [1.165, 1.54) is 19.2 Å². The van der Waals surface area contributed by atoms with Crippen molar-refractivity contribution in [2.75, 3.05) is 20.3 Å². The number of esters is 3. The number of carbonyl (C=O) groups is 4. The number of hydrogen-bond acceptors (Lipinski definition) is 10. The molecule has 0 saturated carbocycles. The Morgan fingerprint density at radius 1 is 0.943 bits per heavy atom. The molecule has 0 aliphatic heterocycles. The van der Waals surface area contributed by atoms with Gasteiger partial charge in [-0.2, -0.15) is 0 Å². The average Bonchev–Trinajstić information content (AvgIpc) is 2.84. The fourth-order valence-electron chi connectivity index (χ4n) is 2.91. The highest BCUT2D eigenvalue weighted by atomic mass is 16.7. The van der Waals surface area contributed by atoms with Crippen molar-refractivity contribution in [2.45, 2.75) is 78.4 Å². The van der Waals surface area contributed by atoms with Gasteiger partial charge in [0, 0.05) is 19.4 Å². The molecule has 0 spiro atoms. The fraction of sp³-hybridized carbons (Fsp3) is 0.600. The van der Waals surface area contributed by atoms with E-state index in [4.69, 9.17) is 23.7 Å². The van der Waals surface area contributed by atoms with Gasteiger partial charge in [0.1, 0.15) is 12.1 Å². The zero-order chi connectivity index (χ0) is 26.2. The summed E-state index contributed by atoms with van der Waals surface area (Å²) in [6.45, 7) is 7.49.